The van der Waals surface area contributed by atoms with Gasteiger partial charge in [-0.25, -0.2) is 13.6 Å². The molecule has 1 aliphatic carbocycles. The molecule has 1 heterocycles. The molecule has 0 aromatic heterocycles. The molecule has 0 radical (unpaired) electrons. The van der Waals surface area contributed by atoms with Gasteiger partial charge in [0.2, 0.25) is 0 Å². The van der Waals surface area contributed by atoms with Crippen molar-refractivity contribution >= 4 is 5.97 Å². The molecule has 5 heteroatoms. The van der Waals surface area contributed by atoms with Gasteiger partial charge in [0.15, 0.2) is 5.60 Å². The summed E-state index contributed by atoms with van der Waals surface area (Å²) in [7, 11) is 0. The van der Waals surface area contributed by atoms with Gasteiger partial charge in [0.05, 0.1) is 17.8 Å². The summed E-state index contributed by atoms with van der Waals surface area (Å²) in [5.41, 5.74) is 1.35. The van der Waals surface area contributed by atoms with Crippen molar-refractivity contribution in [2.24, 2.45) is 0 Å². The first-order valence-electron chi connectivity index (χ1n) is 8.14. The summed E-state index contributed by atoms with van der Waals surface area (Å²) in [6.07, 6.45) is 2.36. The summed E-state index contributed by atoms with van der Waals surface area (Å²) in [5.74, 6) is -0.368. The third-order valence-electron chi connectivity index (χ3n) is 4.61. The molecular formula is C18H21F2NO2. The minimum absolute atomic E-state index is 0.368. The van der Waals surface area contributed by atoms with Crippen LogP contribution in [0.4, 0.5) is 8.78 Å². The maximum Gasteiger partial charge on any atom is 0.337 e. The summed E-state index contributed by atoms with van der Waals surface area (Å²) in [6.45, 7) is -0.452. The van der Waals surface area contributed by atoms with Gasteiger partial charge < -0.3 is 10.1 Å². The van der Waals surface area contributed by atoms with E-state index in [1.165, 1.54) is 0 Å². The van der Waals surface area contributed by atoms with Gasteiger partial charge in [-0.3, -0.25) is 0 Å². The molecule has 3 rings (SSSR count). The average molecular weight is 321 g/mol. The monoisotopic (exact) mass is 321 g/mol. The van der Waals surface area contributed by atoms with Crippen molar-refractivity contribution in [3.8, 4) is 0 Å². The number of benzene rings is 1. The van der Waals surface area contributed by atoms with Crippen molar-refractivity contribution in [2.75, 3.05) is 6.54 Å². The molecule has 124 valence electrons. The van der Waals surface area contributed by atoms with Crippen LogP contribution in [-0.4, -0.2) is 24.5 Å². The number of hydrogen-bond donors (Lipinski definition) is 1. The Morgan fingerprint density at radius 3 is 2.48 bits per heavy atom. The molecule has 1 saturated carbocycles. The zero-order valence-electron chi connectivity index (χ0n) is 13.0. The van der Waals surface area contributed by atoms with Crippen LogP contribution in [0, 0.1) is 0 Å². The zero-order valence-corrected chi connectivity index (χ0v) is 13.0. The zero-order chi connectivity index (χ0) is 16.3. The smallest absolute Gasteiger partial charge is 0.337 e. The van der Waals surface area contributed by atoms with Crippen LogP contribution in [0.25, 0.3) is 0 Å². The fraction of sp³-hybridized carbons (Fsp3) is 0.500. The van der Waals surface area contributed by atoms with E-state index < -0.39 is 18.6 Å². The van der Waals surface area contributed by atoms with E-state index in [9.17, 15) is 13.6 Å². The molecule has 1 spiro atoms. The van der Waals surface area contributed by atoms with Crippen LogP contribution in [0.1, 0.15) is 37.7 Å². The van der Waals surface area contributed by atoms with Crippen molar-refractivity contribution in [1.82, 2.24) is 5.32 Å². The quantitative estimate of drug-likeness (QED) is 0.842. The number of hydrogen-bond acceptors (Lipinski definition) is 3. The number of carbonyl (C=O) groups excluding carboxylic acids is 1. The van der Waals surface area contributed by atoms with Crippen LogP contribution in [0.2, 0.25) is 0 Å². The second-order valence-electron chi connectivity index (χ2n) is 6.23. The number of ether oxygens (including phenoxy) is 1. The molecule has 2 aliphatic rings. The van der Waals surface area contributed by atoms with E-state index in [2.05, 4.69) is 5.32 Å². The van der Waals surface area contributed by atoms with Crippen molar-refractivity contribution in [3.05, 3.63) is 47.2 Å². The largest absolute Gasteiger partial charge is 0.449 e. The first-order valence-corrected chi connectivity index (χ1v) is 8.14. The van der Waals surface area contributed by atoms with Crippen molar-refractivity contribution in [1.29, 1.82) is 0 Å². The van der Waals surface area contributed by atoms with Crippen LogP contribution in [0.3, 0.4) is 0 Å². The molecule has 1 aromatic carbocycles. The summed E-state index contributed by atoms with van der Waals surface area (Å²) in [4.78, 5) is 12.4. The van der Waals surface area contributed by atoms with Crippen molar-refractivity contribution < 1.29 is 18.3 Å². The number of carbonyl (C=O) groups is 1. The Balaban J connectivity index is 1.92. The standard InChI is InChI=1S/C18H21F2NO2/c19-15(20)12-21-16-14(11-13-7-3-1-4-8-13)17(22)23-18(16)9-5-2-6-10-18/h1,3-4,7-8,15,21H,2,5-6,9-12H2. The Morgan fingerprint density at radius 2 is 1.83 bits per heavy atom. The van der Waals surface area contributed by atoms with Crippen molar-refractivity contribution in [3.63, 3.8) is 0 Å². The van der Waals surface area contributed by atoms with Gasteiger partial charge in [0.1, 0.15) is 0 Å². The molecule has 0 saturated heterocycles. The highest BCUT2D eigenvalue weighted by Gasteiger charge is 2.48. The molecule has 3 nitrogen and oxygen atoms in total. The topological polar surface area (TPSA) is 38.3 Å². The minimum atomic E-state index is -2.46. The Morgan fingerprint density at radius 1 is 1.13 bits per heavy atom. The maximum absolute atomic E-state index is 12.7. The number of esters is 1. The highest BCUT2D eigenvalue weighted by atomic mass is 19.3. The first-order chi connectivity index (χ1) is 11.1. The van der Waals surface area contributed by atoms with E-state index in [1.807, 2.05) is 30.3 Å². The molecule has 1 aliphatic heterocycles. The number of alkyl halides is 2. The normalized spacial score (nSPS) is 20.2. The highest BCUT2D eigenvalue weighted by molar-refractivity contribution is 5.93. The van der Waals surface area contributed by atoms with Crippen LogP contribution in [-0.2, 0) is 16.0 Å². The van der Waals surface area contributed by atoms with Gasteiger partial charge in [-0.2, -0.15) is 0 Å². The molecule has 23 heavy (non-hydrogen) atoms. The van der Waals surface area contributed by atoms with Gasteiger partial charge in [-0.1, -0.05) is 36.8 Å². The van der Waals surface area contributed by atoms with Gasteiger partial charge in [0.25, 0.3) is 6.43 Å². The lowest BCUT2D eigenvalue weighted by Gasteiger charge is -2.34. The molecular weight excluding hydrogens is 300 g/mol. The lowest BCUT2D eigenvalue weighted by Crippen LogP contribution is -2.41. The summed E-state index contributed by atoms with van der Waals surface area (Å²) in [5, 5.41) is 2.83. The lowest BCUT2D eigenvalue weighted by atomic mass is 9.81. The minimum Gasteiger partial charge on any atom is -0.449 e. The number of rotatable bonds is 5. The fourth-order valence-electron chi connectivity index (χ4n) is 3.55. The third kappa shape index (κ3) is 3.38. The van der Waals surface area contributed by atoms with Crippen molar-refractivity contribution in [2.45, 2.75) is 50.6 Å². The van der Waals surface area contributed by atoms with Crippen LogP contribution in [0.5, 0.6) is 0 Å². The second kappa shape index (κ2) is 6.69. The molecule has 0 atom stereocenters. The van der Waals surface area contributed by atoms with E-state index in [1.54, 1.807) is 0 Å². The Bertz CT molecular complexity index is 592. The SMILES string of the molecule is O=C1OC2(CCCCC2)C(NCC(F)F)=C1Cc1ccccc1. The van der Waals surface area contributed by atoms with Crippen LogP contribution >= 0.6 is 0 Å². The Hall–Kier alpha value is -1.91. The van der Waals surface area contributed by atoms with Crippen LogP contribution < -0.4 is 5.32 Å². The molecule has 1 fully saturated rings. The van der Waals surface area contributed by atoms with E-state index >= 15 is 0 Å². The Labute approximate surface area is 134 Å². The van der Waals surface area contributed by atoms with Gasteiger partial charge in [-0.05, 0) is 31.2 Å². The number of halogens is 2. The van der Waals surface area contributed by atoms with E-state index in [0.29, 0.717) is 30.5 Å². The predicted molar refractivity (Wildman–Crippen MR) is 83.1 cm³/mol. The van der Waals surface area contributed by atoms with Gasteiger partial charge >= 0.3 is 5.97 Å². The molecule has 0 amide bonds. The van der Waals surface area contributed by atoms with E-state index in [4.69, 9.17) is 4.74 Å². The predicted octanol–water partition coefficient (Wildman–Crippen LogP) is 3.60. The first kappa shape index (κ1) is 16.0. The Kier molecular flexibility index (Phi) is 4.64. The second-order valence-corrected chi connectivity index (χ2v) is 6.23. The van der Waals surface area contributed by atoms with E-state index in [0.717, 1.165) is 24.8 Å². The summed E-state index contributed by atoms with van der Waals surface area (Å²) < 4.78 is 31.1. The lowest BCUT2D eigenvalue weighted by molar-refractivity contribution is -0.149. The molecule has 1 N–H and O–H groups in total. The third-order valence-corrected chi connectivity index (χ3v) is 4.61. The van der Waals surface area contributed by atoms with Crippen LogP contribution in [0.15, 0.2) is 41.6 Å². The molecule has 1 aromatic rings. The summed E-state index contributed by atoms with van der Waals surface area (Å²) >= 11 is 0. The molecule has 0 unspecified atom stereocenters. The fourth-order valence-corrected chi connectivity index (χ4v) is 3.55. The van der Waals surface area contributed by atoms with Gasteiger partial charge in [-0.15, -0.1) is 0 Å². The molecule has 0 bridgehead atoms. The highest BCUT2D eigenvalue weighted by Crippen LogP contribution is 2.43. The average Bonchev–Trinajstić information content (AvgIpc) is 2.78. The van der Waals surface area contributed by atoms with Gasteiger partial charge in [0, 0.05) is 6.42 Å². The van der Waals surface area contributed by atoms with E-state index in [-0.39, 0.29) is 5.97 Å². The summed E-state index contributed by atoms with van der Waals surface area (Å²) in [6, 6.07) is 9.56. The number of nitrogens with one attached hydrogen (secondary N) is 1. The maximum atomic E-state index is 12.7.